The Labute approximate surface area is 420 Å². The highest BCUT2D eigenvalue weighted by Gasteiger charge is 2.35. The highest BCUT2D eigenvalue weighted by atomic mass is 19.3. The van der Waals surface area contributed by atoms with Gasteiger partial charge in [0.25, 0.3) is 6.43 Å². The number of pyridine rings is 1. The van der Waals surface area contributed by atoms with Crippen molar-refractivity contribution in [3.8, 4) is 11.1 Å². The molecule has 4 aliphatic rings. The van der Waals surface area contributed by atoms with Crippen LogP contribution in [0.2, 0.25) is 0 Å². The van der Waals surface area contributed by atoms with E-state index in [0.717, 1.165) is 85.7 Å². The lowest BCUT2D eigenvalue weighted by molar-refractivity contribution is -0.126. The smallest absolute Gasteiger partial charge is 0.264 e. The highest BCUT2D eigenvalue weighted by molar-refractivity contribution is 5.97. The van der Waals surface area contributed by atoms with Gasteiger partial charge in [-0.15, -0.1) is 0 Å². The van der Waals surface area contributed by atoms with Gasteiger partial charge in [0.15, 0.2) is 11.6 Å². The van der Waals surface area contributed by atoms with E-state index in [1.807, 2.05) is 33.9 Å². The lowest BCUT2D eigenvalue weighted by Crippen LogP contribution is -2.60. The van der Waals surface area contributed by atoms with Crippen molar-refractivity contribution in [3.05, 3.63) is 107 Å². The molecule has 1 amide bonds. The van der Waals surface area contributed by atoms with Crippen molar-refractivity contribution in [1.29, 1.82) is 0 Å². The predicted octanol–water partition coefficient (Wildman–Crippen LogP) is 7.79. The highest BCUT2D eigenvalue weighted by Crippen LogP contribution is 2.45. The Kier molecular flexibility index (Phi) is 16.5. The standard InChI is InChI=1S/C52H65F3N12O2.C2H4O/c1-5-38-34(26-62(4)47(14-10-22-68)52(69)58-2)15-16-46(49(38)53)64-29-37(30-64)66(57)28-35(56)27-63-32-42(41-25-59-19-17-44(41)63)39-23-33-11-9-20-65(48(33)24-40(39)50(54)55)51-43-31-61(3)21-18-45(43)67(60-51)36-12-7-6-8-13-36;1-2-3/h5,15-17,19,22-25,28,32,36-37,47,50H,1,6-14,18,20-21,26-27,29-31,56-57H2,2-4H3,(H,58,69);2H,1H3/b35-28-;. The fourth-order valence-electron chi connectivity index (χ4n) is 11.1. The molecule has 2 fully saturated rings. The number of aryl methyl sites for hydroxylation is 1. The first-order chi connectivity index (χ1) is 34.8. The van der Waals surface area contributed by atoms with Crippen LogP contribution in [0.15, 0.2) is 67.4 Å². The van der Waals surface area contributed by atoms with Crippen LogP contribution < -0.4 is 26.7 Å². The molecule has 0 bridgehead atoms. The molecular weight excluding hydrogens is 922 g/mol. The zero-order valence-corrected chi connectivity index (χ0v) is 42.0. The summed E-state index contributed by atoms with van der Waals surface area (Å²) < 4.78 is 51.2. The fraction of sp³-hybridized carbons (Fsp3) is 0.463. The topological polar surface area (TPSA) is 167 Å². The maximum absolute atomic E-state index is 16.1. The van der Waals surface area contributed by atoms with Crippen molar-refractivity contribution in [1.82, 2.24) is 39.5 Å². The zero-order valence-electron chi connectivity index (χ0n) is 42.0. The van der Waals surface area contributed by atoms with E-state index in [1.54, 1.807) is 54.7 Å². The molecular formula is C54H69F3N12O3. The number of halogens is 3. The van der Waals surface area contributed by atoms with Gasteiger partial charge in [-0.2, -0.15) is 5.10 Å². The molecule has 1 saturated heterocycles. The average molecular weight is 991 g/mol. The maximum Gasteiger partial charge on any atom is 0.264 e. The number of carbonyl (C=O) groups excluding carboxylic acids is 3. The van der Waals surface area contributed by atoms with E-state index in [4.69, 9.17) is 21.5 Å². The number of benzene rings is 2. The Morgan fingerprint density at radius 1 is 1.04 bits per heavy atom. The third-order valence-corrected chi connectivity index (χ3v) is 14.8. The fourth-order valence-corrected chi connectivity index (χ4v) is 11.1. The Morgan fingerprint density at radius 2 is 1.81 bits per heavy atom. The first-order valence-corrected chi connectivity index (χ1v) is 25.2. The molecule has 1 atom stereocenters. The molecule has 0 radical (unpaired) electrons. The largest absolute Gasteiger partial charge is 0.399 e. The minimum Gasteiger partial charge on any atom is -0.399 e. The zero-order chi connectivity index (χ0) is 51.2. The summed E-state index contributed by atoms with van der Waals surface area (Å²) in [5.74, 6) is 6.86. The van der Waals surface area contributed by atoms with Gasteiger partial charge in [0, 0.05) is 129 Å². The number of nitrogens with two attached hydrogens (primary N) is 2. The van der Waals surface area contributed by atoms with Crippen molar-refractivity contribution < 1.29 is 27.6 Å². The number of anilines is 3. The summed E-state index contributed by atoms with van der Waals surface area (Å²) in [7, 11) is 5.46. The van der Waals surface area contributed by atoms with Gasteiger partial charge in [0.2, 0.25) is 5.91 Å². The molecule has 3 aliphatic heterocycles. The van der Waals surface area contributed by atoms with E-state index in [-0.39, 0.29) is 37.0 Å². The number of likely N-dealkylation sites (N-methyl/N-ethyl adjacent to an activating group) is 3. The normalized spacial score (nSPS) is 17.0. The van der Waals surface area contributed by atoms with Gasteiger partial charge in [0.05, 0.1) is 35.9 Å². The molecule has 2 aromatic carbocycles. The summed E-state index contributed by atoms with van der Waals surface area (Å²) in [6.45, 7) is 9.18. The van der Waals surface area contributed by atoms with Gasteiger partial charge < -0.3 is 44.9 Å². The lowest BCUT2D eigenvalue weighted by atomic mass is 9.91. The molecule has 1 saturated carbocycles. The van der Waals surface area contributed by atoms with E-state index in [1.165, 1.54) is 43.5 Å². The summed E-state index contributed by atoms with van der Waals surface area (Å²) in [5.41, 5.74) is 14.8. The number of allylic oxidation sites excluding steroid dienone is 1. The average Bonchev–Trinajstić information content (AvgIpc) is 3.92. The minimum absolute atomic E-state index is 0.0354. The van der Waals surface area contributed by atoms with Crippen LogP contribution in [0.5, 0.6) is 0 Å². The second-order valence-electron chi connectivity index (χ2n) is 19.6. The van der Waals surface area contributed by atoms with Crippen molar-refractivity contribution in [3.63, 3.8) is 0 Å². The van der Waals surface area contributed by atoms with E-state index in [0.29, 0.717) is 65.7 Å². The first-order valence-electron chi connectivity index (χ1n) is 25.2. The Balaban J connectivity index is 0.00000226. The van der Waals surface area contributed by atoms with Gasteiger partial charge in [-0.25, -0.2) is 19.0 Å². The van der Waals surface area contributed by atoms with Gasteiger partial charge >= 0.3 is 0 Å². The second kappa shape index (κ2) is 22.9. The van der Waals surface area contributed by atoms with Crippen molar-refractivity contribution in [2.24, 2.45) is 11.6 Å². The Bertz CT molecular complexity index is 2800. The van der Waals surface area contributed by atoms with Crippen LogP contribution in [-0.2, 0) is 46.9 Å². The number of fused-ring (bicyclic) bond motifs is 3. The van der Waals surface area contributed by atoms with Crippen LogP contribution in [0, 0.1) is 5.82 Å². The molecule has 9 rings (SSSR count). The number of hydrazine groups is 1. The summed E-state index contributed by atoms with van der Waals surface area (Å²) in [5, 5.41) is 10.3. The minimum atomic E-state index is -2.73. The van der Waals surface area contributed by atoms with E-state index >= 15 is 13.2 Å². The number of nitrogens with one attached hydrogen (secondary N) is 1. The number of rotatable bonds is 17. The third-order valence-electron chi connectivity index (χ3n) is 14.8. The van der Waals surface area contributed by atoms with Crippen LogP contribution in [0.4, 0.5) is 30.4 Å². The van der Waals surface area contributed by atoms with E-state index < -0.39 is 18.3 Å². The molecule has 384 valence electrons. The number of alkyl halides is 2. The van der Waals surface area contributed by atoms with Gasteiger partial charge in [0.1, 0.15) is 12.6 Å². The van der Waals surface area contributed by atoms with Crippen molar-refractivity contribution in [2.45, 2.75) is 115 Å². The SMILES string of the molecule is C=Cc1c(CN(C)C(CCC=O)C(=O)NC)ccc(N2CC(N(N)/C=C(\N)Cn3cc(-c4cc5c(cc4C(F)F)N(c4nn(C6CCCCC6)c6c4CN(C)CC6)CCC5)c4cnccc43)C2)c1F.CC=O. The maximum atomic E-state index is 16.1. The predicted molar refractivity (Wildman–Crippen MR) is 277 cm³/mol. The number of nitrogens with zero attached hydrogens (tertiary/aromatic N) is 9. The molecule has 1 unspecified atom stereocenters. The first kappa shape index (κ1) is 51.8. The second-order valence-corrected chi connectivity index (χ2v) is 19.6. The Morgan fingerprint density at radius 3 is 2.51 bits per heavy atom. The number of hydrogen-bond donors (Lipinski definition) is 3. The molecule has 6 heterocycles. The summed E-state index contributed by atoms with van der Waals surface area (Å²) in [6, 6.07) is 8.76. The number of aldehydes is 2. The summed E-state index contributed by atoms with van der Waals surface area (Å²) in [6.07, 6.45) is 16.3. The van der Waals surface area contributed by atoms with Crippen LogP contribution >= 0.6 is 0 Å². The summed E-state index contributed by atoms with van der Waals surface area (Å²) in [4.78, 5) is 45.1. The molecule has 1 aliphatic carbocycles. The number of amides is 1. The van der Waals surface area contributed by atoms with Crippen LogP contribution in [0.3, 0.4) is 0 Å². The number of hydrogen-bond acceptors (Lipinski definition) is 12. The van der Waals surface area contributed by atoms with Gasteiger partial charge in [-0.3, -0.25) is 19.4 Å². The Hall–Kier alpha value is -6.50. The number of carbonyl (C=O) groups is 3. The van der Waals surface area contributed by atoms with Gasteiger partial charge in [-0.1, -0.05) is 38.0 Å². The molecule has 15 nitrogen and oxygen atoms in total. The summed E-state index contributed by atoms with van der Waals surface area (Å²) >= 11 is 0. The molecule has 3 aromatic heterocycles. The van der Waals surface area contributed by atoms with Crippen molar-refractivity contribution in [2.75, 3.05) is 57.1 Å². The van der Waals surface area contributed by atoms with Crippen LogP contribution in [0.25, 0.3) is 28.1 Å². The van der Waals surface area contributed by atoms with Crippen LogP contribution in [-0.4, -0.2) is 112 Å². The number of aromatic nitrogens is 4. The molecule has 72 heavy (non-hydrogen) atoms. The van der Waals surface area contributed by atoms with E-state index in [2.05, 4.69) is 38.4 Å². The molecule has 5 aromatic rings. The van der Waals surface area contributed by atoms with E-state index in [9.17, 15) is 9.59 Å². The molecule has 5 N–H and O–H groups in total. The van der Waals surface area contributed by atoms with Crippen molar-refractivity contribution >= 4 is 52.7 Å². The quantitative estimate of drug-likeness (QED) is 0.0471. The molecule has 18 heteroatoms. The molecule has 0 spiro atoms. The monoisotopic (exact) mass is 991 g/mol. The third kappa shape index (κ3) is 10.7. The lowest BCUT2D eigenvalue weighted by Gasteiger charge is -2.45. The van der Waals surface area contributed by atoms with Gasteiger partial charge in [-0.05, 0) is 94.1 Å². The van der Waals surface area contributed by atoms with Crippen LogP contribution in [0.1, 0.15) is 104 Å².